The summed E-state index contributed by atoms with van der Waals surface area (Å²) in [5, 5.41) is 8.53. The maximum atomic E-state index is 11.7. The molecule has 0 atom stereocenters. The van der Waals surface area contributed by atoms with E-state index in [1.807, 2.05) is 11.2 Å². The van der Waals surface area contributed by atoms with Gasteiger partial charge in [0.1, 0.15) is 0 Å². The van der Waals surface area contributed by atoms with Gasteiger partial charge in [-0.2, -0.15) is 17.0 Å². The van der Waals surface area contributed by atoms with E-state index in [9.17, 15) is 4.79 Å². The smallest absolute Gasteiger partial charge is 0.223 e. The molecule has 0 aromatic carbocycles. The quantitative estimate of drug-likeness (QED) is 0.653. The number of amides is 1. The van der Waals surface area contributed by atoms with E-state index in [4.69, 9.17) is 5.26 Å². The van der Waals surface area contributed by atoms with Crippen LogP contribution in [0.4, 0.5) is 0 Å². The fraction of sp³-hybridized carbons (Fsp3) is 0.800. The Balaban J connectivity index is 2.25. The van der Waals surface area contributed by atoms with Crippen molar-refractivity contribution in [2.24, 2.45) is 0 Å². The average molecular weight is 227 g/mol. The largest absolute Gasteiger partial charge is 0.340 e. The monoisotopic (exact) mass is 227 g/mol. The molecule has 0 aliphatic carbocycles. The fourth-order valence-corrected chi connectivity index (χ4v) is 1.98. The molecule has 15 heavy (non-hydrogen) atoms. The molecule has 0 aromatic heterocycles. The van der Waals surface area contributed by atoms with Crippen molar-refractivity contribution in [3.63, 3.8) is 0 Å². The Bertz CT molecular complexity index is 244. The first-order valence-electron chi connectivity index (χ1n) is 5.14. The molecule has 0 saturated carbocycles. The molecule has 0 bridgehead atoms. The van der Waals surface area contributed by atoms with E-state index in [0.29, 0.717) is 13.0 Å². The fourth-order valence-electron chi connectivity index (χ4n) is 1.60. The second-order valence-corrected chi connectivity index (χ2v) is 4.54. The minimum atomic E-state index is 0.251. The van der Waals surface area contributed by atoms with Gasteiger partial charge in [-0.05, 0) is 6.26 Å². The molecule has 1 rings (SSSR count). The van der Waals surface area contributed by atoms with Crippen molar-refractivity contribution in [1.29, 1.82) is 5.26 Å². The SMILES string of the molecule is CSCCC(=O)N1CCN(CC#N)CC1. The molecule has 0 spiro atoms. The lowest BCUT2D eigenvalue weighted by Crippen LogP contribution is -2.48. The first-order chi connectivity index (χ1) is 7.27. The molecule has 0 aromatic rings. The van der Waals surface area contributed by atoms with Gasteiger partial charge in [0, 0.05) is 38.4 Å². The maximum Gasteiger partial charge on any atom is 0.223 e. The van der Waals surface area contributed by atoms with Gasteiger partial charge in [-0.25, -0.2) is 0 Å². The molecule has 1 aliphatic rings. The summed E-state index contributed by atoms with van der Waals surface area (Å²) in [6, 6.07) is 2.13. The Morgan fingerprint density at radius 1 is 1.40 bits per heavy atom. The van der Waals surface area contributed by atoms with Gasteiger partial charge in [0.05, 0.1) is 12.6 Å². The summed E-state index contributed by atoms with van der Waals surface area (Å²) in [7, 11) is 0. The zero-order valence-electron chi connectivity index (χ0n) is 9.11. The van der Waals surface area contributed by atoms with E-state index in [2.05, 4.69) is 11.0 Å². The van der Waals surface area contributed by atoms with Crippen LogP contribution >= 0.6 is 11.8 Å². The van der Waals surface area contributed by atoms with E-state index in [0.717, 1.165) is 31.9 Å². The minimum absolute atomic E-state index is 0.251. The highest BCUT2D eigenvalue weighted by Gasteiger charge is 2.19. The summed E-state index contributed by atoms with van der Waals surface area (Å²) < 4.78 is 0. The standard InChI is InChI=1S/C10H17N3OS/c1-15-9-2-10(14)13-7-5-12(4-3-11)6-8-13/h2,4-9H2,1H3. The van der Waals surface area contributed by atoms with Crippen LogP contribution in [-0.4, -0.2) is 60.4 Å². The second-order valence-electron chi connectivity index (χ2n) is 3.56. The Labute approximate surface area is 95.2 Å². The Morgan fingerprint density at radius 2 is 2.07 bits per heavy atom. The van der Waals surface area contributed by atoms with Gasteiger partial charge < -0.3 is 4.90 Å². The predicted molar refractivity (Wildman–Crippen MR) is 61.6 cm³/mol. The summed E-state index contributed by atoms with van der Waals surface area (Å²) in [6.45, 7) is 3.69. The van der Waals surface area contributed by atoms with Gasteiger partial charge in [0.25, 0.3) is 0 Å². The summed E-state index contributed by atoms with van der Waals surface area (Å²) in [5.41, 5.74) is 0. The van der Waals surface area contributed by atoms with Crippen molar-refractivity contribution >= 4 is 17.7 Å². The third-order valence-electron chi connectivity index (χ3n) is 2.54. The van der Waals surface area contributed by atoms with E-state index in [1.54, 1.807) is 11.8 Å². The molecule has 0 unspecified atom stereocenters. The van der Waals surface area contributed by atoms with Gasteiger partial charge in [-0.15, -0.1) is 0 Å². The maximum absolute atomic E-state index is 11.7. The molecule has 1 fully saturated rings. The van der Waals surface area contributed by atoms with E-state index in [1.165, 1.54) is 0 Å². The summed E-state index contributed by atoms with van der Waals surface area (Å²) in [4.78, 5) is 15.6. The van der Waals surface area contributed by atoms with Crippen LogP contribution in [0.5, 0.6) is 0 Å². The van der Waals surface area contributed by atoms with Crippen molar-refractivity contribution in [2.75, 3.05) is 44.7 Å². The van der Waals surface area contributed by atoms with Crippen LogP contribution in [0.25, 0.3) is 0 Å². The lowest BCUT2D eigenvalue weighted by Gasteiger charge is -2.33. The van der Waals surface area contributed by atoms with Crippen LogP contribution in [0.15, 0.2) is 0 Å². The number of hydrogen-bond acceptors (Lipinski definition) is 4. The van der Waals surface area contributed by atoms with E-state index in [-0.39, 0.29) is 5.91 Å². The van der Waals surface area contributed by atoms with Crippen LogP contribution in [-0.2, 0) is 4.79 Å². The summed E-state index contributed by atoms with van der Waals surface area (Å²) >= 11 is 1.70. The van der Waals surface area contributed by atoms with Crippen molar-refractivity contribution in [3.8, 4) is 6.07 Å². The number of rotatable bonds is 4. The Hall–Kier alpha value is -0.730. The van der Waals surface area contributed by atoms with E-state index >= 15 is 0 Å². The molecule has 1 amide bonds. The molecule has 1 heterocycles. The molecule has 1 aliphatic heterocycles. The highest BCUT2D eigenvalue weighted by Crippen LogP contribution is 2.05. The van der Waals surface area contributed by atoms with E-state index < -0.39 is 0 Å². The topological polar surface area (TPSA) is 47.3 Å². The van der Waals surface area contributed by atoms with Gasteiger partial charge in [-0.1, -0.05) is 0 Å². The van der Waals surface area contributed by atoms with Crippen molar-refractivity contribution in [2.45, 2.75) is 6.42 Å². The highest BCUT2D eigenvalue weighted by atomic mass is 32.2. The first-order valence-corrected chi connectivity index (χ1v) is 6.53. The number of nitriles is 1. The van der Waals surface area contributed by atoms with Crippen molar-refractivity contribution in [3.05, 3.63) is 0 Å². The van der Waals surface area contributed by atoms with Gasteiger partial charge >= 0.3 is 0 Å². The second kappa shape index (κ2) is 6.70. The molecule has 0 N–H and O–H groups in total. The number of nitrogens with zero attached hydrogens (tertiary/aromatic N) is 3. The molecule has 5 heteroatoms. The van der Waals surface area contributed by atoms with Crippen molar-refractivity contribution in [1.82, 2.24) is 9.80 Å². The summed E-state index contributed by atoms with van der Waals surface area (Å²) in [5.74, 6) is 1.15. The molecule has 4 nitrogen and oxygen atoms in total. The molecule has 0 radical (unpaired) electrons. The molecular formula is C10H17N3OS. The summed E-state index contributed by atoms with van der Waals surface area (Å²) in [6.07, 6.45) is 2.65. The van der Waals surface area contributed by atoms with Crippen LogP contribution in [0.1, 0.15) is 6.42 Å². The van der Waals surface area contributed by atoms with Crippen LogP contribution in [0, 0.1) is 11.3 Å². The Morgan fingerprint density at radius 3 is 2.60 bits per heavy atom. The van der Waals surface area contributed by atoms with Gasteiger partial charge in [-0.3, -0.25) is 9.69 Å². The molecule has 1 saturated heterocycles. The first kappa shape index (κ1) is 12.3. The van der Waals surface area contributed by atoms with Crippen LogP contribution < -0.4 is 0 Å². The normalized spacial score (nSPS) is 17.5. The van der Waals surface area contributed by atoms with Gasteiger partial charge in [0.2, 0.25) is 5.91 Å². The number of carbonyl (C=O) groups excluding carboxylic acids is 1. The predicted octanol–water partition coefficient (Wildman–Crippen LogP) is 0.407. The number of carbonyl (C=O) groups is 1. The van der Waals surface area contributed by atoms with Crippen molar-refractivity contribution < 1.29 is 4.79 Å². The zero-order valence-corrected chi connectivity index (χ0v) is 9.92. The Kier molecular flexibility index (Phi) is 5.51. The number of thioether (sulfide) groups is 1. The lowest BCUT2D eigenvalue weighted by atomic mass is 10.3. The molecule has 84 valence electrons. The van der Waals surface area contributed by atoms with Gasteiger partial charge in [0.15, 0.2) is 0 Å². The minimum Gasteiger partial charge on any atom is -0.340 e. The zero-order chi connectivity index (χ0) is 11.1. The molecular weight excluding hydrogens is 210 g/mol. The average Bonchev–Trinajstić information content (AvgIpc) is 2.27. The van der Waals surface area contributed by atoms with Crippen LogP contribution in [0.2, 0.25) is 0 Å². The van der Waals surface area contributed by atoms with Crippen LogP contribution in [0.3, 0.4) is 0 Å². The third kappa shape index (κ3) is 4.10. The lowest BCUT2D eigenvalue weighted by molar-refractivity contribution is -0.132. The number of hydrogen-bond donors (Lipinski definition) is 0. The highest BCUT2D eigenvalue weighted by molar-refractivity contribution is 7.98. The number of piperazine rings is 1. The third-order valence-corrected chi connectivity index (χ3v) is 3.15.